The van der Waals surface area contributed by atoms with Crippen LogP contribution in [0, 0.1) is 5.92 Å². The number of nitrogens with zero attached hydrogens (tertiary/aromatic N) is 1. The number of carbonyl (C=O) groups excluding carboxylic acids is 2. The molecule has 1 unspecified atom stereocenters. The van der Waals surface area contributed by atoms with Crippen molar-refractivity contribution in [2.24, 2.45) is 11.7 Å². The van der Waals surface area contributed by atoms with Gasteiger partial charge in [0.05, 0.1) is 0 Å². The van der Waals surface area contributed by atoms with Gasteiger partial charge in [-0.2, -0.15) is 0 Å². The predicted molar refractivity (Wildman–Crippen MR) is 75.5 cm³/mol. The highest BCUT2D eigenvalue weighted by Crippen LogP contribution is 2.09. The van der Waals surface area contributed by atoms with Gasteiger partial charge < -0.3 is 16.0 Å². The molecule has 0 bridgehead atoms. The second-order valence-electron chi connectivity index (χ2n) is 5.65. The molecule has 1 heterocycles. The molecule has 19 heavy (non-hydrogen) atoms. The Kier molecular flexibility index (Phi) is 6.84. The van der Waals surface area contributed by atoms with E-state index in [1.54, 1.807) is 0 Å². The molecule has 0 spiro atoms. The molecule has 5 nitrogen and oxygen atoms in total. The zero-order valence-electron chi connectivity index (χ0n) is 12.2. The molecule has 0 radical (unpaired) electrons. The molecule has 1 rings (SSSR count). The van der Waals surface area contributed by atoms with E-state index >= 15 is 0 Å². The van der Waals surface area contributed by atoms with Crippen LogP contribution in [0.5, 0.6) is 0 Å². The molecule has 0 aliphatic carbocycles. The van der Waals surface area contributed by atoms with Crippen LogP contribution < -0.4 is 11.1 Å². The SMILES string of the molecule is CC(C)C(N)CC(=O)NCCC(=O)N1CCCCC1. The predicted octanol–water partition coefficient (Wildman–Crippen LogP) is 0.879. The lowest BCUT2D eigenvalue weighted by atomic mass is 10.0. The van der Waals surface area contributed by atoms with Crippen LogP contribution in [0.2, 0.25) is 0 Å². The molecule has 1 atom stereocenters. The molecule has 0 aromatic rings. The number of likely N-dealkylation sites (tertiary alicyclic amines) is 1. The van der Waals surface area contributed by atoms with Gasteiger partial charge in [-0.25, -0.2) is 0 Å². The number of nitrogens with one attached hydrogen (secondary N) is 1. The lowest BCUT2D eigenvalue weighted by molar-refractivity contribution is -0.132. The Morgan fingerprint density at radius 3 is 2.42 bits per heavy atom. The summed E-state index contributed by atoms with van der Waals surface area (Å²) in [5.74, 6) is 0.376. The quantitative estimate of drug-likeness (QED) is 0.751. The van der Waals surface area contributed by atoms with Gasteiger partial charge >= 0.3 is 0 Å². The first-order valence-corrected chi connectivity index (χ1v) is 7.30. The van der Waals surface area contributed by atoms with Crippen molar-refractivity contribution in [3.63, 3.8) is 0 Å². The van der Waals surface area contributed by atoms with Gasteiger partial charge in [0.15, 0.2) is 0 Å². The van der Waals surface area contributed by atoms with E-state index in [0.717, 1.165) is 25.9 Å². The molecule has 0 aromatic heterocycles. The number of nitrogens with two attached hydrogens (primary N) is 1. The first-order chi connectivity index (χ1) is 9.00. The van der Waals surface area contributed by atoms with Crippen molar-refractivity contribution >= 4 is 11.8 Å². The summed E-state index contributed by atoms with van der Waals surface area (Å²) in [5.41, 5.74) is 5.83. The topological polar surface area (TPSA) is 75.4 Å². The van der Waals surface area contributed by atoms with Crippen molar-refractivity contribution in [1.82, 2.24) is 10.2 Å². The molecule has 1 aliphatic heterocycles. The minimum Gasteiger partial charge on any atom is -0.356 e. The van der Waals surface area contributed by atoms with Crippen molar-refractivity contribution in [2.45, 2.75) is 52.0 Å². The zero-order chi connectivity index (χ0) is 14.3. The first kappa shape index (κ1) is 16.0. The van der Waals surface area contributed by atoms with Gasteiger partial charge in [-0.1, -0.05) is 13.8 Å². The summed E-state index contributed by atoms with van der Waals surface area (Å²) >= 11 is 0. The van der Waals surface area contributed by atoms with Gasteiger partial charge in [-0.15, -0.1) is 0 Å². The molecule has 3 N–H and O–H groups in total. The molecule has 2 amide bonds. The van der Waals surface area contributed by atoms with Crippen molar-refractivity contribution in [3.8, 4) is 0 Å². The van der Waals surface area contributed by atoms with Crippen LogP contribution in [0.15, 0.2) is 0 Å². The maximum Gasteiger partial charge on any atom is 0.224 e. The van der Waals surface area contributed by atoms with E-state index in [-0.39, 0.29) is 17.9 Å². The van der Waals surface area contributed by atoms with Crippen LogP contribution in [0.4, 0.5) is 0 Å². The highest BCUT2D eigenvalue weighted by molar-refractivity contribution is 5.79. The number of piperidine rings is 1. The lowest BCUT2D eigenvalue weighted by Gasteiger charge is -2.26. The Bertz CT molecular complexity index is 299. The molecule has 0 aromatic carbocycles. The van der Waals surface area contributed by atoms with Crippen molar-refractivity contribution in [1.29, 1.82) is 0 Å². The van der Waals surface area contributed by atoms with E-state index in [9.17, 15) is 9.59 Å². The summed E-state index contributed by atoms with van der Waals surface area (Å²) in [7, 11) is 0. The maximum absolute atomic E-state index is 11.9. The van der Waals surface area contributed by atoms with Crippen molar-refractivity contribution in [3.05, 3.63) is 0 Å². The second-order valence-corrected chi connectivity index (χ2v) is 5.65. The first-order valence-electron chi connectivity index (χ1n) is 7.30. The fraction of sp³-hybridized carbons (Fsp3) is 0.857. The fourth-order valence-corrected chi connectivity index (χ4v) is 2.13. The number of hydrogen-bond donors (Lipinski definition) is 2. The number of hydrogen-bond acceptors (Lipinski definition) is 3. The van der Waals surface area contributed by atoms with Gasteiger partial charge in [0.25, 0.3) is 0 Å². The molecule has 1 aliphatic rings. The normalized spacial score (nSPS) is 17.4. The third-order valence-corrected chi connectivity index (χ3v) is 3.65. The number of carbonyl (C=O) groups is 2. The van der Waals surface area contributed by atoms with Crippen molar-refractivity contribution in [2.75, 3.05) is 19.6 Å². The average Bonchev–Trinajstić information content (AvgIpc) is 2.39. The summed E-state index contributed by atoms with van der Waals surface area (Å²) in [6.45, 7) is 6.14. The Hall–Kier alpha value is -1.10. The van der Waals surface area contributed by atoms with E-state index < -0.39 is 0 Å². The summed E-state index contributed by atoms with van der Waals surface area (Å²) in [6, 6.07) is -0.113. The standard InChI is InChI=1S/C14H27N3O2/c1-11(2)12(15)10-13(18)16-7-6-14(19)17-8-4-3-5-9-17/h11-12H,3-10,15H2,1-2H3,(H,16,18). The molecular formula is C14H27N3O2. The van der Waals surface area contributed by atoms with E-state index in [2.05, 4.69) is 5.32 Å². The van der Waals surface area contributed by atoms with Crippen LogP contribution in [0.25, 0.3) is 0 Å². The van der Waals surface area contributed by atoms with E-state index in [1.165, 1.54) is 6.42 Å². The average molecular weight is 269 g/mol. The summed E-state index contributed by atoms with van der Waals surface area (Å²) < 4.78 is 0. The Morgan fingerprint density at radius 2 is 1.84 bits per heavy atom. The zero-order valence-corrected chi connectivity index (χ0v) is 12.2. The van der Waals surface area contributed by atoms with E-state index in [0.29, 0.717) is 25.3 Å². The third kappa shape index (κ3) is 6.05. The van der Waals surface area contributed by atoms with E-state index in [4.69, 9.17) is 5.73 Å². The monoisotopic (exact) mass is 269 g/mol. The molecule has 1 fully saturated rings. The highest BCUT2D eigenvalue weighted by Gasteiger charge is 2.17. The second kappa shape index (κ2) is 8.15. The molecule has 1 saturated heterocycles. The Morgan fingerprint density at radius 1 is 1.21 bits per heavy atom. The fourth-order valence-electron chi connectivity index (χ4n) is 2.13. The van der Waals surface area contributed by atoms with Crippen LogP contribution in [-0.2, 0) is 9.59 Å². The highest BCUT2D eigenvalue weighted by atomic mass is 16.2. The largest absolute Gasteiger partial charge is 0.356 e. The van der Waals surface area contributed by atoms with Crippen LogP contribution >= 0.6 is 0 Å². The summed E-state index contributed by atoms with van der Waals surface area (Å²) in [4.78, 5) is 25.4. The number of rotatable bonds is 6. The van der Waals surface area contributed by atoms with Crippen molar-refractivity contribution < 1.29 is 9.59 Å². The smallest absolute Gasteiger partial charge is 0.224 e. The number of amides is 2. The summed E-state index contributed by atoms with van der Waals surface area (Å²) in [5, 5.41) is 2.77. The Labute approximate surface area is 115 Å². The molecular weight excluding hydrogens is 242 g/mol. The van der Waals surface area contributed by atoms with E-state index in [1.807, 2.05) is 18.7 Å². The Balaban J connectivity index is 2.15. The van der Waals surface area contributed by atoms with Gasteiger partial charge in [0, 0.05) is 38.5 Å². The summed E-state index contributed by atoms with van der Waals surface area (Å²) in [6.07, 6.45) is 4.13. The van der Waals surface area contributed by atoms with Crippen LogP contribution in [0.3, 0.4) is 0 Å². The van der Waals surface area contributed by atoms with Gasteiger partial charge in [-0.3, -0.25) is 9.59 Å². The lowest BCUT2D eigenvalue weighted by Crippen LogP contribution is -2.39. The third-order valence-electron chi connectivity index (χ3n) is 3.65. The molecule has 110 valence electrons. The maximum atomic E-state index is 11.9. The minimum atomic E-state index is -0.113. The van der Waals surface area contributed by atoms with Crippen LogP contribution in [0.1, 0.15) is 46.0 Å². The minimum absolute atomic E-state index is 0.0624. The van der Waals surface area contributed by atoms with Gasteiger partial charge in [0.2, 0.25) is 11.8 Å². The van der Waals surface area contributed by atoms with Gasteiger partial charge in [-0.05, 0) is 25.2 Å². The van der Waals surface area contributed by atoms with Crippen LogP contribution in [-0.4, -0.2) is 42.4 Å². The van der Waals surface area contributed by atoms with Gasteiger partial charge in [0.1, 0.15) is 0 Å². The molecule has 5 heteroatoms. The molecule has 0 saturated carbocycles.